The molecule has 1 unspecified atom stereocenters. The second-order valence-corrected chi connectivity index (χ2v) is 5.97. The van der Waals surface area contributed by atoms with E-state index in [-0.39, 0.29) is 5.41 Å². The van der Waals surface area contributed by atoms with Crippen molar-refractivity contribution in [1.82, 2.24) is 15.3 Å². The molecule has 0 spiro atoms. The third-order valence-corrected chi connectivity index (χ3v) is 3.34. The summed E-state index contributed by atoms with van der Waals surface area (Å²) in [5, 5.41) is 3.41. The SMILES string of the molecule is Cc1[nH]c(C(C)(C)C)nc1CC1CCNC1. The minimum absolute atomic E-state index is 0.122. The highest BCUT2D eigenvalue weighted by molar-refractivity contribution is 5.18. The Morgan fingerprint density at radius 3 is 2.62 bits per heavy atom. The lowest BCUT2D eigenvalue weighted by Crippen LogP contribution is -2.14. The summed E-state index contributed by atoms with van der Waals surface area (Å²) >= 11 is 0. The molecule has 90 valence electrons. The summed E-state index contributed by atoms with van der Waals surface area (Å²) < 4.78 is 0. The molecule has 0 amide bonds. The molecule has 2 heterocycles. The molecule has 2 N–H and O–H groups in total. The number of aromatic amines is 1. The Morgan fingerprint density at radius 2 is 2.12 bits per heavy atom. The number of hydrogen-bond donors (Lipinski definition) is 2. The van der Waals surface area contributed by atoms with Gasteiger partial charge in [-0.3, -0.25) is 0 Å². The van der Waals surface area contributed by atoms with Crippen LogP contribution in [0.2, 0.25) is 0 Å². The van der Waals surface area contributed by atoms with Crippen LogP contribution in [-0.2, 0) is 11.8 Å². The first-order valence-corrected chi connectivity index (χ1v) is 6.23. The lowest BCUT2D eigenvalue weighted by atomic mass is 9.96. The van der Waals surface area contributed by atoms with E-state index in [2.05, 4.69) is 38.0 Å². The highest BCUT2D eigenvalue weighted by Gasteiger charge is 2.22. The lowest BCUT2D eigenvalue weighted by Gasteiger charge is -2.14. The average molecular weight is 221 g/mol. The third-order valence-electron chi connectivity index (χ3n) is 3.34. The molecule has 1 saturated heterocycles. The number of imidazole rings is 1. The van der Waals surface area contributed by atoms with Crippen molar-refractivity contribution in [3.05, 3.63) is 17.2 Å². The quantitative estimate of drug-likeness (QED) is 0.803. The van der Waals surface area contributed by atoms with Gasteiger partial charge in [-0.15, -0.1) is 0 Å². The summed E-state index contributed by atoms with van der Waals surface area (Å²) in [5.74, 6) is 1.89. The van der Waals surface area contributed by atoms with Crippen molar-refractivity contribution < 1.29 is 0 Å². The topological polar surface area (TPSA) is 40.7 Å². The molecule has 1 aliphatic heterocycles. The predicted octanol–water partition coefficient (Wildman–Crippen LogP) is 2.17. The van der Waals surface area contributed by atoms with Gasteiger partial charge in [0.15, 0.2) is 0 Å². The van der Waals surface area contributed by atoms with E-state index in [1.807, 2.05) is 0 Å². The van der Waals surface area contributed by atoms with E-state index < -0.39 is 0 Å². The van der Waals surface area contributed by atoms with Gasteiger partial charge in [-0.25, -0.2) is 4.98 Å². The number of nitrogens with one attached hydrogen (secondary N) is 2. The maximum atomic E-state index is 4.76. The van der Waals surface area contributed by atoms with Gasteiger partial charge in [-0.05, 0) is 38.8 Å². The molecule has 1 aromatic rings. The Bertz CT molecular complexity index is 354. The van der Waals surface area contributed by atoms with Crippen LogP contribution in [0.1, 0.15) is 44.4 Å². The fourth-order valence-electron chi connectivity index (χ4n) is 2.21. The molecule has 0 saturated carbocycles. The highest BCUT2D eigenvalue weighted by atomic mass is 15.0. The van der Waals surface area contributed by atoms with E-state index >= 15 is 0 Å². The molecular formula is C13H23N3. The summed E-state index contributed by atoms with van der Waals surface area (Å²) in [6.45, 7) is 11.1. The van der Waals surface area contributed by atoms with Crippen molar-refractivity contribution in [3.8, 4) is 0 Å². The molecular weight excluding hydrogens is 198 g/mol. The maximum absolute atomic E-state index is 4.76. The molecule has 2 rings (SSSR count). The predicted molar refractivity (Wildman–Crippen MR) is 66.7 cm³/mol. The maximum Gasteiger partial charge on any atom is 0.111 e. The molecule has 0 bridgehead atoms. The smallest absolute Gasteiger partial charge is 0.111 e. The number of H-pyrrole nitrogens is 1. The fourth-order valence-corrected chi connectivity index (χ4v) is 2.21. The fraction of sp³-hybridized carbons (Fsp3) is 0.769. The lowest BCUT2D eigenvalue weighted by molar-refractivity contribution is 0.543. The van der Waals surface area contributed by atoms with E-state index in [1.165, 1.54) is 24.4 Å². The Hall–Kier alpha value is -0.830. The summed E-state index contributed by atoms with van der Waals surface area (Å²) in [5.41, 5.74) is 2.63. The minimum atomic E-state index is 0.122. The van der Waals surface area contributed by atoms with Gasteiger partial charge in [0.25, 0.3) is 0 Å². The molecule has 16 heavy (non-hydrogen) atoms. The van der Waals surface area contributed by atoms with Gasteiger partial charge in [0.05, 0.1) is 5.69 Å². The van der Waals surface area contributed by atoms with Gasteiger partial charge in [-0.1, -0.05) is 20.8 Å². The number of rotatable bonds is 2. The van der Waals surface area contributed by atoms with Crippen LogP contribution in [0.5, 0.6) is 0 Å². The van der Waals surface area contributed by atoms with Crippen LogP contribution >= 0.6 is 0 Å². The zero-order valence-corrected chi connectivity index (χ0v) is 10.9. The molecule has 1 fully saturated rings. The summed E-state index contributed by atoms with van der Waals surface area (Å²) in [4.78, 5) is 8.19. The van der Waals surface area contributed by atoms with E-state index in [4.69, 9.17) is 4.98 Å². The number of aromatic nitrogens is 2. The van der Waals surface area contributed by atoms with Crippen LogP contribution in [0.15, 0.2) is 0 Å². The minimum Gasteiger partial charge on any atom is -0.345 e. The first-order valence-electron chi connectivity index (χ1n) is 6.23. The summed E-state index contributed by atoms with van der Waals surface area (Å²) in [6.07, 6.45) is 2.41. The largest absolute Gasteiger partial charge is 0.345 e. The number of nitrogens with zero attached hydrogens (tertiary/aromatic N) is 1. The first kappa shape index (κ1) is 11.6. The second kappa shape index (κ2) is 4.21. The third kappa shape index (κ3) is 2.46. The zero-order valence-electron chi connectivity index (χ0n) is 10.9. The number of aryl methyl sites for hydroxylation is 1. The monoisotopic (exact) mass is 221 g/mol. The molecule has 0 radical (unpaired) electrons. The molecule has 0 aliphatic carbocycles. The van der Waals surface area contributed by atoms with Gasteiger partial charge in [-0.2, -0.15) is 0 Å². The van der Waals surface area contributed by atoms with Crippen molar-refractivity contribution in [3.63, 3.8) is 0 Å². The van der Waals surface area contributed by atoms with Crippen LogP contribution < -0.4 is 5.32 Å². The van der Waals surface area contributed by atoms with Gasteiger partial charge in [0, 0.05) is 11.1 Å². The first-order chi connectivity index (χ1) is 7.47. The van der Waals surface area contributed by atoms with Crippen molar-refractivity contribution in [1.29, 1.82) is 0 Å². The van der Waals surface area contributed by atoms with E-state index in [1.54, 1.807) is 0 Å². The van der Waals surface area contributed by atoms with Crippen LogP contribution in [-0.4, -0.2) is 23.1 Å². The van der Waals surface area contributed by atoms with Crippen LogP contribution in [0.3, 0.4) is 0 Å². The summed E-state index contributed by atoms with van der Waals surface area (Å²) in [6, 6.07) is 0. The van der Waals surface area contributed by atoms with Crippen molar-refractivity contribution in [2.24, 2.45) is 5.92 Å². The molecule has 1 aromatic heterocycles. The number of hydrogen-bond acceptors (Lipinski definition) is 2. The van der Waals surface area contributed by atoms with E-state index in [0.29, 0.717) is 0 Å². The van der Waals surface area contributed by atoms with Crippen molar-refractivity contribution >= 4 is 0 Å². The second-order valence-electron chi connectivity index (χ2n) is 5.97. The van der Waals surface area contributed by atoms with E-state index in [9.17, 15) is 0 Å². The normalized spacial score (nSPS) is 21.6. The van der Waals surface area contributed by atoms with Crippen molar-refractivity contribution in [2.45, 2.75) is 46.0 Å². The average Bonchev–Trinajstić information content (AvgIpc) is 2.76. The molecule has 0 aromatic carbocycles. The molecule has 1 atom stereocenters. The van der Waals surface area contributed by atoms with Gasteiger partial charge in [0.1, 0.15) is 5.82 Å². The summed E-state index contributed by atoms with van der Waals surface area (Å²) in [7, 11) is 0. The molecule has 3 heteroatoms. The Morgan fingerprint density at radius 1 is 1.38 bits per heavy atom. The Kier molecular flexibility index (Phi) is 3.06. The Balaban J connectivity index is 2.12. The van der Waals surface area contributed by atoms with Gasteiger partial charge in [0.2, 0.25) is 0 Å². The zero-order chi connectivity index (χ0) is 11.8. The van der Waals surface area contributed by atoms with Crippen LogP contribution in [0.25, 0.3) is 0 Å². The van der Waals surface area contributed by atoms with Crippen LogP contribution in [0, 0.1) is 12.8 Å². The van der Waals surface area contributed by atoms with Gasteiger partial charge >= 0.3 is 0 Å². The highest BCUT2D eigenvalue weighted by Crippen LogP contribution is 2.23. The molecule has 3 nitrogen and oxygen atoms in total. The standard InChI is InChI=1S/C13H23N3/c1-9-11(7-10-5-6-14-8-10)16-12(15-9)13(2,3)4/h10,14H,5-8H2,1-4H3,(H,15,16). The molecule has 1 aliphatic rings. The van der Waals surface area contributed by atoms with Crippen molar-refractivity contribution in [2.75, 3.05) is 13.1 Å². The van der Waals surface area contributed by atoms with E-state index in [0.717, 1.165) is 24.7 Å². The van der Waals surface area contributed by atoms with Gasteiger partial charge < -0.3 is 10.3 Å². The Labute approximate surface area is 98.1 Å². The van der Waals surface area contributed by atoms with Crippen LogP contribution in [0.4, 0.5) is 0 Å².